The van der Waals surface area contributed by atoms with Gasteiger partial charge in [-0.15, -0.1) is 0 Å². The van der Waals surface area contributed by atoms with Crippen molar-refractivity contribution in [1.29, 1.82) is 0 Å². The van der Waals surface area contributed by atoms with E-state index in [0.717, 1.165) is 5.56 Å². The van der Waals surface area contributed by atoms with Gasteiger partial charge in [0, 0.05) is 12.7 Å². The second kappa shape index (κ2) is 6.84. The molecular weight excluding hydrogens is 316 g/mol. The van der Waals surface area contributed by atoms with Crippen LogP contribution in [0, 0.1) is 5.41 Å². The summed E-state index contributed by atoms with van der Waals surface area (Å²) >= 11 is 0. The molecule has 2 heterocycles. The molecule has 0 saturated carbocycles. The fraction of sp³-hybridized carbons (Fsp3) is 0.400. The maximum atomic E-state index is 12.9. The summed E-state index contributed by atoms with van der Waals surface area (Å²) in [6, 6.07) is 13.1. The van der Waals surface area contributed by atoms with E-state index in [1.165, 1.54) is 6.20 Å². The number of rotatable bonds is 2. The molecule has 1 aliphatic rings. The molecule has 2 atom stereocenters. The summed E-state index contributed by atoms with van der Waals surface area (Å²) < 4.78 is 6.30. The topological polar surface area (TPSA) is 62.4 Å². The summed E-state index contributed by atoms with van der Waals surface area (Å²) in [6.45, 7) is 7.21. The number of aromatic amines is 1. The number of pyridine rings is 1. The fourth-order valence-electron chi connectivity index (χ4n) is 3.02. The normalized spacial score (nSPS) is 21.2. The number of carbonyl (C=O) groups is 1. The Hall–Kier alpha value is -2.40. The Morgan fingerprint density at radius 1 is 1.12 bits per heavy atom. The first kappa shape index (κ1) is 17.4. The van der Waals surface area contributed by atoms with Crippen molar-refractivity contribution in [3.63, 3.8) is 0 Å². The Labute approximate surface area is 147 Å². The Morgan fingerprint density at radius 3 is 2.48 bits per heavy atom. The zero-order chi connectivity index (χ0) is 18.0. The number of morpholine rings is 1. The number of H-pyrrole nitrogens is 1. The molecular formula is C20H24N2O3. The lowest BCUT2D eigenvalue weighted by molar-refractivity contribution is -0.119. The highest BCUT2D eigenvalue weighted by Gasteiger charge is 2.38. The van der Waals surface area contributed by atoms with Crippen molar-refractivity contribution >= 4 is 5.91 Å². The molecule has 1 N–H and O–H groups in total. The maximum Gasteiger partial charge on any atom is 0.260 e. The van der Waals surface area contributed by atoms with Crippen LogP contribution in [0.25, 0.3) is 0 Å². The van der Waals surface area contributed by atoms with Crippen LogP contribution >= 0.6 is 0 Å². The van der Waals surface area contributed by atoms with Gasteiger partial charge in [0.1, 0.15) is 11.7 Å². The lowest BCUT2D eigenvalue weighted by Gasteiger charge is -2.43. The number of amides is 1. The monoisotopic (exact) mass is 340 g/mol. The quantitative estimate of drug-likeness (QED) is 0.914. The SMILES string of the molecule is CC(C)(C)[C@H]1CN(C(=O)c2ccc[nH]c2=O)C[C@@H](c2ccccc2)O1. The molecule has 1 aromatic carbocycles. The third kappa shape index (κ3) is 3.82. The molecule has 0 spiro atoms. The Balaban J connectivity index is 1.91. The zero-order valence-electron chi connectivity index (χ0n) is 14.9. The molecule has 132 valence electrons. The van der Waals surface area contributed by atoms with E-state index in [9.17, 15) is 9.59 Å². The Morgan fingerprint density at radius 2 is 1.84 bits per heavy atom. The van der Waals surface area contributed by atoms with Crippen LogP contribution in [0.3, 0.4) is 0 Å². The van der Waals surface area contributed by atoms with Crippen molar-refractivity contribution in [3.05, 3.63) is 70.1 Å². The lowest BCUT2D eigenvalue weighted by atomic mass is 9.87. The number of carbonyl (C=O) groups excluding carboxylic acids is 1. The molecule has 5 nitrogen and oxygen atoms in total. The van der Waals surface area contributed by atoms with Crippen LogP contribution in [0.4, 0.5) is 0 Å². The molecule has 5 heteroatoms. The molecule has 1 aliphatic heterocycles. The van der Waals surface area contributed by atoms with E-state index in [1.807, 2.05) is 30.3 Å². The van der Waals surface area contributed by atoms with E-state index in [4.69, 9.17) is 4.74 Å². The number of hydrogen-bond acceptors (Lipinski definition) is 3. The molecule has 0 bridgehead atoms. The summed E-state index contributed by atoms with van der Waals surface area (Å²) in [5.41, 5.74) is 0.734. The van der Waals surface area contributed by atoms with E-state index >= 15 is 0 Å². The molecule has 1 amide bonds. The van der Waals surface area contributed by atoms with Gasteiger partial charge in [-0.05, 0) is 23.1 Å². The van der Waals surface area contributed by atoms with Crippen molar-refractivity contribution in [2.24, 2.45) is 5.41 Å². The second-order valence-electron chi connectivity index (χ2n) is 7.51. The van der Waals surface area contributed by atoms with Crippen molar-refractivity contribution in [3.8, 4) is 0 Å². The third-order valence-electron chi connectivity index (χ3n) is 4.57. The number of nitrogens with zero attached hydrogens (tertiary/aromatic N) is 1. The average molecular weight is 340 g/mol. The first-order chi connectivity index (χ1) is 11.9. The summed E-state index contributed by atoms with van der Waals surface area (Å²) in [5, 5.41) is 0. The van der Waals surface area contributed by atoms with Crippen LogP contribution in [0.1, 0.15) is 42.8 Å². The van der Waals surface area contributed by atoms with Gasteiger partial charge in [0.15, 0.2) is 0 Å². The highest BCUT2D eigenvalue weighted by atomic mass is 16.5. The summed E-state index contributed by atoms with van der Waals surface area (Å²) in [4.78, 5) is 29.2. The van der Waals surface area contributed by atoms with Crippen LogP contribution in [-0.2, 0) is 4.74 Å². The molecule has 3 rings (SSSR count). The van der Waals surface area contributed by atoms with E-state index in [1.54, 1.807) is 17.0 Å². The van der Waals surface area contributed by atoms with Gasteiger partial charge in [0.25, 0.3) is 11.5 Å². The lowest BCUT2D eigenvalue weighted by Crippen LogP contribution is -2.51. The van der Waals surface area contributed by atoms with Crippen molar-refractivity contribution in [2.45, 2.75) is 33.0 Å². The van der Waals surface area contributed by atoms with Crippen molar-refractivity contribution in [2.75, 3.05) is 13.1 Å². The maximum absolute atomic E-state index is 12.9. The van der Waals surface area contributed by atoms with E-state index < -0.39 is 0 Å². The number of hydrogen-bond donors (Lipinski definition) is 1. The standard InChI is InChI=1S/C20H24N2O3/c1-20(2,3)17-13-22(19(24)15-10-7-11-21-18(15)23)12-16(25-17)14-8-5-4-6-9-14/h4-11,16-17H,12-13H2,1-3H3,(H,21,23)/t16-,17+/m0/s1. The Kier molecular flexibility index (Phi) is 4.77. The van der Waals surface area contributed by atoms with Gasteiger partial charge < -0.3 is 14.6 Å². The van der Waals surface area contributed by atoms with Crippen LogP contribution in [0.15, 0.2) is 53.5 Å². The minimum Gasteiger partial charge on any atom is -0.366 e. The van der Waals surface area contributed by atoms with Crippen molar-refractivity contribution in [1.82, 2.24) is 9.88 Å². The largest absolute Gasteiger partial charge is 0.366 e. The van der Waals surface area contributed by atoms with Gasteiger partial charge in [0.2, 0.25) is 0 Å². The van der Waals surface area contributed by atoms with E-state index in [-0.39, 0.29) is 34.7 Å². The fourth-order valence-corrected chi connectivity index (χ4v) is 3.02. The van der Waals surface area contributed by atoms with Crippen LogP contribution < -0.4 is 5.56 Å². The highest BCUT2D eigenvalue weighted by molar-refractivity contribution is 5.93. The zero-order valence-corrected chi connectivity index (χ0v) is 14.9. The molecule has 1 aromatic heterocycles. The van der Waals surface area contributed by atoms with Gasteiger partial charge in [-0.3, -0.25) is 9.59 Å². The minimum absolute atomic E-state index is 0.113. The molecule has 2 aromatic rings. The minimum atomic E-state index is -0.359. The van der Waals surface area contributed by atoms with Gasteiger partial charge in [-0.25, -0.2) is 0 Å². The Bertz CT molecular complexity index is 792. The van der Waals surface area contributed by atoms with Gasteiger partial charge in [-0.2, -0.15) is 0 Å². The summed E-state index contributed by atoms with van der Waals surface area (Å²) in [6.07, 6.45) is 1.22. The molecule has 0 aliphatic carbocycles. The summed E-state index contributed by atoms with van der Waals surface area (Å²) in [5.74, 6) is -0.250. The van der Waals surface area contributed by atoms with E-state index in [2.05, 4.69) is 25.8 Å². The highest BCUT2D eigenvalue weighted by Crippen LogP contribution is 2.33. The average Bonchev–Trinajstić information content (AvgIpc) is 2.61. The number of aromatic nitrogens is 1. The first-order valence-electron chi connectivity index (χ1n) is 8.53. The summed E-state index contributed by atoms with van der Waals surface area (Å²) in [7, 11) is 0. The van der Waals surface area contributed by atoms with Crippen LogP contribution in [0.2, 0.25) is 0 Å². The van der Waals surface area contributed by atoms with E-state index in [0.29, 0.717) is 13.1 Å². The van der Waals surface area contributed by atoms with Crippen LogP contribution in [-0.4, -0.2) is 35.0 Å². The van der Waals surface area contributed by atoms with Gasteiger partial charge >= 0.3 is 0 Å². The number of ether oxygens (including phenoxy) is 1. The second-order valence-corrected chi connectivity index (χ2v) is 7.51. The van der Waals surface area contributed by atoms with Crippen LogP contribution in [0.5, 0.6) is 0 Å². The molecule has 0 unspecified atom stereocenters. The first-order valence-corrected chi connectivity index (χ1v) is 8.53. The molecule has 1 fully saturated rings. The predicted octanol–water partition coefficient (Wildman–Crippen LogP) is 3.00. The number of benzene rings is 1. The third-order valence-corrected chi connectivity index (χ3v) is 4.57. The molecule has 25 heavy (non-hydrogen) atoms. The predicted molar refractivity (Wildman–Crippen MR) is 96.5 cm³/mol. The smallest absolute Gasteiger partial charge is 0.260 e. The van der Waals surface area contributed by atoms with Gasteiger partial charge in [-0.1, -0.05) is 51.1 Å². The van der Waals surface area contributed by atoms with Crippen molar-refractivity contribution < 1.29 is 9.53 Å². The molecule has 1 saturated heterocycles. The number of nitrogens with one attached hydrogen (secondary N) is 1. The molecule has 0 radical (unpaired) electrons. The van der Waals surface area contributed by atoms with Gasteiger partial charge in [0.05, 0.1) is 12.6 Å².